The number of guanidine groups is 1. The monoisotopic (exact) mass is 1140 g/mol. The standard InChI is InChI=1S/C47H80N16O15S/c1-23(2)17-33(46(77)78)62-44(75)32(20-36(67)68)61-45(76)37(24(3)4)63-41(72)27(10-6-7-14-48)57-39(70)28(11-12-35(65)66)58-43(74)31(19-34(50)64)60-42(73)30(18-25-21-53-22-55-25)59-40(71)29(13-16-79-5)56-38(69)26(49)9-8-15-54-47(51)52/h21-24,26-33,37H,6-20,48-49H2,1-5H3,(H2,50,64)(H,53,55)(H,56,69)(H,57,70)(H,58,74)(H,59,71)(H,60,73)(H,61,76)(H,62,75)(H,63,72)(H,65,66)(H,67,68)(H,77,78)(H4,51,52,54)/t26-,27-,28-,29-,30-,31-,32-,33-,37-/m0/s1. The third-order valence-electron chi connectivity index (χ3n) is 11.6. The van der Waals surface area contributed by atoms with Crippen molar-refractivity contribution in [2.24, 2.45) is 45.5 Å². The number of aromatic amines is 1. The third kappa shape index (κ3) is 28.0. The molecule has 0 aliphatic carbocycles. The van der Waals surface area contributed by atoms with Gasteiger partial charge in [0.25, 0.3) is 0 Å². The predicted molar refractivity (Wildman–Crippen MR) is 286 cm³/mol. The zero-order valence-corrected chi connectivity index (χ0v) is 45.9. The Bertz CT molecular complexity index is 2250. The number of carbonyl (C=O) groups is 12. The van der Waals surface area contributed by atoms with Crippen LogP contribution < -0.4 is 71.2 Å². The van der Waals surface area contributed by atoms with Crippen LogP contribution in [0.4, 0.5) is 0 Å². The van der Waals surface area contributed by atoms with Crippen LogP contribution in [-0.2, 0) is 64.0 Å². The first-order valence-electron chi connectivity index (χ1n) is 25.4. The molecule has 1 heterocycles. The number of carboxylic acid groups (broad SMARTS) is 3. The zero-order chi connectivity index (χ0) is 59.9. The Kier molecular flexibility index (Phi) is 32.0. The van der Waals surface area contributed by atoms with E-state index in [0.29, 0.717) is 24.3 Å². The van der Waals surface area contributed by atoms with Gasteiger partial charge in [0.2, 0.25) is 53.2 Å². The molecule has 79 heavy (non-hydrogen) atoms. The number of H-pyrrole nitrogens is 1. The first-order chi connectivity index (χ1) is 37.1. The summed E-state index contributed by atoms with van der Waals surface area (Å²) >= 11 is 1.36. The number of nitrogens with one attached hydrogen (secondary N) is 9. The van der Waals surface area contributed by atoms with Crippen LogP contribution in [0, 0.1) is 11.8 Å². The topological polar surface area (TPSA) is 533 Å². The van der Waals surface area contributed by atoms with E-state index in [1.807, 2.05) is 0 Å². The van der Waals surface area contributed by atoms with Gasteiger partial charge in [-0.3, -0.25) is 57.7 Å². The van der Waals surface area contributed by atoms with E-state index in [1.54, 1.807) is 20.1 Å². The summed E-state index contributed by atoms with van der Waals surface area (Å²) in [6.07, 6.45) is 1.82. The molecule has 0 aliphatic rings. The number of carboxylic acids is 3. The lowest BCUT2D eigenvalue weighted by Crippen LogP contribution is -2.61. The minimum absolute atomic E-state index is 0.0242. The number of rotatable bonds is 40. The van der Waals surface area contributed by atoms with Crippen LogP contribution in [0.25, 0.3) is 0 Å². The summed E-state index contributed by atoms with van der Waals surface area (Å²) < 4.78 is 0. The quantitative estimate of drug-likeness (QED) is 0.0166. The molecule has 0 bridgehead atoms. The van der Waals surface area contributed by atoms with Crippen LogP contribution in [0.2, 0.25) is 0 Å². The molecule has 1 aromatic heterocycles. The Hall–Kier alpha value is -7.61. The number of aliphatic carboxylic acids is 3. The van der Waals surface area contributed by atoms with Crippen molar-refractivity contribution < 1.29 is 72.9 Å². The fourth-order valence-corrected chi connectivity index (χ4v) is 7.93. The summed E-state index contributed by atoms with van der Waals surface area (Å²) in [6, 6.07) is -13.7. The van der Waals surface area contributed by atoms with E-state index < -0.39 is 157 Å². The van der Waals surface area contributed by atoms with E-state index in [4.69, 9.17) is 28.7 Å². The highest BCUT2D eigenvalue weighted by molar-refractivity contribution is 7.98. The molecule has 0 saturated heterocycles. The molecular weight excluding hydrogens is 1060 g/mol. The van der Waals surface area contributed by atoms with Crippen molar-refractivity contribution >= 4 is 88.8 Å². The van der Waals surface area contributed by atoms with Crippen molar-refractivity contribution in [3.05, 3.63) is 18.2 Å². The highest BCUT2D eigenvalue weighted by atomic mass is 32.2. The van der Waals surface area contributed by atoms with Crippen LogP contribution in [-0.4, -0.2) is 182 Å². The second-order valence-corrected chi connectivity index (χ2v) is 20.2. The molecule has 1 rings (SSSR count). The van der Waals surface area contributed by atoms with Crippen LogP contribution >= 0.6 is 11.8 Å². The fraction of sp³-hybridized carbons (Fsp3) is 0.660. The highest BCUT2D eigenvalue weighted by Gasteiger charge is 2.37. The van der Waals surface area contributed by atoms with E-state index in [0.717, 1.165) is 0 Å². The molecule has 0 unspecified atom stereocenters. The normalized spacial score (nSPS) is 14.5. The Balaban J connectivity index is 3.53. The number of amides is 9. The molecule has 22 N–H and O–H groups in total. The number of aliphatic imine (C=N–C) groups is 1. The maximum Gasteiger partial charge on any atom is 0.326 e. The zero-order valence-electron chi connectivity index (χ0n) is 45.0. The van der Waals surface area contributed by atoms with Gasteiger partial charge in [-0.1, -0.05) is 27.7 Å². The number of unbranched alkanes of at least 4 members (excludes halogenated alkanes) is 1. The fourth-order valence-electron chi connectivity index (χ4n) is 7.46. The summed E-state index contributed by atoms with van der Waals surface area (Å²) in [5, 5.41) is 48.1. The molecule has 0 saturated carbocycles. The number of hydrogen-bond donors (Lipinski definition) is 17. The number of primary amides is 1. The summed E-state index contributed by atoms with van der Waals surface area (Å²) in [5.41, 5.74) is 28.3. The van der Waals surface area contributed by atoms with Gasteiger partial charge in [-0.25, -0.2) is 9.78 Å². The molecule has 444 valence electrons. The molecular formula is C47H80N16O15S. The highest BCUT2D eigenvalue weighted by Crippen LogP contribution is 2.12. The van der Waals surface area contributed by atoms with E-state index in [1.165, 1.54) is 38.1 Å². The second kappa shape index (κ2) is 36.5. The van der Waals surface area contributed by atoms with Gasteiger partial charge >= 0.3 is 17.9 Å². The average Bonchev–Trinajstić information content (AvgIpc) is 3.88. The van der Waals surface area contributed by atoms with Gasteiger partial charge in [0.15, 0.2) is 5.96 Å². The number of imidazole rings is 1. The van der Waals surface area contributed by atoms with Crippen LogP contribution in [0.3, 0.4) is 0 Å². The maximum atomic E-state index is 14.1. The molecule has 9 amide bonds. The van der Waals surface area contributed by atoms with Crippen LogP contribution in [0.15, 0.2) is 17.5 Å². The van der Waals surface area contributed by atoms with E-state index in [9.17, 15) is 72.9 Å². The Morgan fingerprint density at radius 3 is 1.62 bits per heavy atom. The van der Waals surface area contributed by atoms with E-state index in [-0.39, 0.29) is 63.5 Å². The Morgan fingerprint density at radius 1 is 0.608 bits per heavy atom. The molecule has 0 radical (unpaired) electrons. The summed E-state index contributed by atoms with van der Waals surface area (Å²) in [5.74, 6) is -14.3. The molecule has 0 aliphatic heterocycles. The molecule has 31 nitrogen and oxygen atoms in total. The first-order valence-corrected chi connectivity index (χ1v) is 26.8. The van der Waals surface area contributed by atoms with E-state index in [2.05, 4.69) is 57.5 Å². The van der Waals surface area contributed by atoms with Gasteiger partial charge in [-0.05, 0) is 81.8 Å². The molecule has 0 spiro atoms. The van der Waals surface area contributed by atoms with E-state index >= 15 is 0 Å². The predicted octanol–water partition coefficient (Wildman–Crippen LogP) is -4.90. The van der Waals surface area contributed by atoms with Crippen molar-refractivity contribution in [3.8, 4) is 0 Å². The Morgan fingerprint density at radius 2 is 1.11 bits per heavy atom. The lowest BCUT2D eigenvalue weighted by Gasteiger charge is -2.29. The molecule has 1 aromatic rings. The molecule has 0 fully saturated rings. The molecule has 0 aromatic carbocycles. The molecule has 32 heteroatoms. The lowest BCUT2D eigenvalue weighted by atomic mass is 10.00. The minimum atomic E-state index is -1.87. The van der Waals surface area contributed by atoms with Crippen molar-refractivity contribution in [2.75, 3.05) is 25.1 Å². The molecule has 9 atom stereocenters. The first kappa shape index (κ1) is 69.4. The van der Waals surface area contributed by atoms with Gasteiger partial charge in [0.1, 0.15) is 48.3 Å². The van der Waals surface area contributed by atoms with Crippen LogP contribution in [0.5, 0.6) is 0 Å². The van der Waals surface area contributed by atoms with Gasteiger partial charge in [-0.15, -0.1) is 0 Å². The van der Waals surface area contributed by atoms with Crippen molar-refractivity contribution in [3.63, 3.8) is 0 Å². The average molecular weight is 1140 g/mol. The lowest BCUT2D eigenvalue weighted by molar-refractivity contribution is -0.144. The van der Waals surface area contributed by atoms with Gasteiger partial charge in [-0.2, -0.15) is 11.8 Å². The number of aromatic nitrogens is 2. The minimum Gasteiger partial charge on any atom is -0.481 e. The number of thioether (sulfide) groups is 1. The number of hydrogen-bond acceptors (Lipinski definition) is 17. The largest absolute Gasteiger partial charge is 0.481 e. The summed E-state index contributed by atoms with van der Waals surface area (Å²) in [4.78, 5) is 169. The number of nitrogens with zero attached hydrogens (tertiary/aromatic N) is 2. The second-order valence-electron chi connectivity index (χ2n) is 19.2. The number of nitrogens with two attached hydrogens (primary N) is 5. The summed E-state index contributed by atoms with van der Waals surface area (Å²) in [7, 11) is 0. The summed E-state index contributed by atoms with van der Waals surface area (Å²) in [6.45, 7) is 6.73. The Labute approximate surface area is 460 Å². The smallest absolute Gasteiger partial charge is 0.326 e. The number of carbonyl (C=O) groups excluding carboxylic acids is 9. The third-order valence-corrected chi connectivity index (χ3v) is 12.3. The van der Waals surface area contributed by atoms with Crippen molar-refractivity contribution in [1.29, 1.82) is 0 Å². The van der Waals surface area contributed by atoms with Gasteiger partial charge in [0.05, 0.1) is 25.2 Å². The maximum absolute atomic E-state index is 14.1. The SMILES string of the molecule is CSCC[C@H](NC(=O)[C@@H](N)CCCN=C(N)N)C(=O)N[C@@H](Cc1cnc[nH]1)C(=O)N[C@@H](CC(N)=O)C(=O)N[C@@H](CCC(=O)O)C(=O)N[C@@H](CCCCN)C(=O)N[C@H](C(=O)N[C@@H](CC(=O)O)C(=O)N[C@@H](CC(C)C)C(=O)O)C(C)C. The van der Waals surface area contributed by atoms with Gasteiger partial charge < -0.3 is 91.5 Å². The van der Waals surface area contributed by atoms with Crippen molar-refractivity contribution in [1.82, 2.24) is 52.5 Å². The van der Waals surface area contributed by atoms with Gasteiger partial charge in [0, 0.05) is 31.3 Å². The van der Waals surface area contributed by atoms with Crippen molar-refractivity contribution in [2.45, 2.75) is 159 Å². The van der Waals surface area contributed by atoms with Crippen LogP contribution in [0.1, 0.15) is 104 Å².